The van der Waals surface area contributed by atoms with E-state index in [1.807, 2.05) is 23.7 Å². The first-order valence-electron chi connectivity index (χ1n) is 9.70. The summed E-state index contributed by atoms with van der Waals surface area (Å²) < 4.78 is 0. The molecule has 2 N–H and O–H groups in total. The highest BCUT2D eigenvalue weighted by Gasteiger charge is 2.42. The molecule has 3 atom stereocenters. The van der Waals surface area contributed by atoms with Crippen molar-refractivity contribution < 1.29 is 4.79 Å². The number of carbonyl (C=O) groups is 1. The smallest absolute Gasteiger partial charge is 0.224 e. The Kier molecular flexibility index (Phi) is 4.45. The Balaban J connectivity index is 1.23. The van der Waals surface area contributed by atoms with Gasteiger partial charge in [-0.15, -0.1) is 0 Å². The molecule has 1 saturated heterocycles. The normalized spacial score (nSPS) is 25.1. The number of fused-ring (bicyclic) bond motifs is 3. The number of piperidine rings is 1. The first-order chi connectivity index (χ1) is 13.3. The minimum atomic E-state index is 0.171. The molecule has 1 amide bonds. The van der Waals surface area contributed by atoms with E-state index < -0.39 is 0 Å². The van der Waals surface area contributed by atoms with E-state index in [4.69, 9.17) is 0 Å². The molecule has 3 aromatic rings. The van der Waals surface area contributed by atoms with Crippen molar-refractivity contribution >= 4 is 28.3 Å². The number of H-pyrrole nitrogens is 1. The Morgan fingerprint density at radius 3 is 2.93 bits per heavy atom. The van der Waals surface area contributed by atoms with Gasteiger partial charge in [0.05, 0.1) is 17.5 Å². The van der Waals surface area contributed by atoms with Gasteiger partial charge in [-0.2, -0.15) is 11.3 Å². The second-order valence-corrected chi connectivity index (χ2v) is 8.69. The molecule has 1 unspecified atom stereocenters. The first kappa shape index (κ1) is 17.0. The number of amides is 1. The Morgan fingerprint density at radius 1 is 1.30 bits per heavy atom. The maximum absolute atomic E-state index is 12.4. The average Bonchev–Trinajstić information content (AvgIpc) is 3.36. The van der Waals surface area contributed by atoms with Crippen LogP contribution in [0, 0.1) is 11.8 Å². The van der Waals surface area contributed by atoms with Crippen molar-refractivity contribution in [3.8, 4) is 0 Å². The summed E-state index contributed by atoms with van der Waals surface area (Å²) in [6.07, 6.45) is 6.89. The third-order valence-electron chi connectivity index (χ3n) is 6.09. The van der Waals surface area contributed by atoms with Crippen LogP contribution in [0.4, 0.5) is 0 Å². The lowest BCUT2D eigenvalue weighted by Crippen LogP contribution is -2.52. The quantitative estimate of drug-likeness (QED) is 0.715. The zero-order valence-corrected chi connectivity index (χ0v) is 16.0. The molecule has 5 rings (SSSR count). The number of nitrogens with zero attached hydrogens (tertiary/aromatic N) is 2. The molecule has 5 nitrogen and oxygen atoms in total. The van der Waals surface area contributed by atoms with Gasteiger partial charge in [-0.3, -0.25) is 14.7 Å². The summed E-state index contributed by atoms with van der Waals surface area (Å²) in [7, 11) is 0. The molecule has 0 radical (unpaired) electrons. The van der Waals surface area contributed by atoms with E-state index in [0.717, 1.165) is 36.2 Å². The molecule has 2 bridgehead atoms. The molecular weight excluding hydrogens is 356 g/mol. The molecule has 1 aliphatic heterocycles. The number of nitrogens with one attached hydrogen (secondary N) is 2. The molecule has 0 spiro atoms. The minimum absolute atomic E-state index is 0.171. The molecule has 140 valence electrons. The van der Waals surface area contributed by atoms with Crippen LogP contribution in [0.1, 0.15) is 24.0 Å². The number of aromatic amines is 1. The largest absolute Gasteiger partial charge is 0.360 e. The molecule has 27 heavy (non-hydrogen) atoms. The topological polar surface area (TPSA) is 61.0 Å². The second kappa shape index (κ2) is 7.09. The van der Waals surface area contributed by atoms with Crippen LogP contribution in [0.15, 0.2) is 41.4 Å². The van der Waals surface area contributed by atoms with Crippen LogP contribution in [0.3, 0.4) is 0 Å². The highest BCUT2D eigenvalue weighted by molar-refractivity contribution is 7.08. The van der Waals surface area contributed by atoms with Crippen molar-refractivity contribution in [1.82, 2.24) is 20.2 Å². The number of carbonyl (C=O) groups excluding carboxylic acids is 1. The van der Waals surface area contributed by atoms with E-state index in [2.05, 4.69) is 37.8 Å². The van der Waals surface area contributed by atoms with Gasteiger partial charge in [0, 0.05) is 43.6 Å². The highest BCUT2D eigenvalue weighted by atomic mass is 32.1. The van der Waals surface area contributed by atoms with Crippen molar-refractivity contribution in [2.75, 3.05) is 13.1 Å². The summed E-state index contributed by atoms with van der Waals surface area (Å²) in [5, 5.41) is 7.44. The molecule has 3 aromatic heterocycles. The van der Waals surface area contributed by atoms with Gasteiger partial charge in [-0.25, -0.2) is 0 Å². The van der Waals surface area contributed by atoms with Crippen molar-refractivity contribution in [2.45, 2.75) is 31.8 Å². The van der Waals surface area contributed by atoms with Crippen LogP contribution in [0.2, 0.25) is 0 Å². The van der Waals surface area contributed by atoms with E-state index in [9.17, 15) is 4.79 Å². The predicted molar refractivity (Wildman–Crippen MR) is 108 cm³/mol. The summed E-state index contributed by atoms with van der Waals surface area (Å²) in [4.78, 5) is 22.9. The van der Waals surface area contributed by atoms with Gasteiger partial charge in [-0.05, 0) is 59.2 Å². The lowest BCUT2D eigenvalue weighted by atomic mass is 9.91. The zero-order valence-electron chi connectivity index (χ0n) is 15.2. The third kappa shape index (κ3) is 3.39. The Hall–Kier alpha value is -2.18. The number of pyridine rings is 1. The van der Waals surface area contributed by atoms with E-state index in [1.165, 1.54) is 18.4 Å². The van der Waals surface area contributed by atoms with Crippen LogP contribution in [0.5, 0.6) is 0 Å². The average molecular weight is 381 g/mol. The number of thiophene rings is 1. The number of aromatic nitrogens is 2. The van der Waals surface area contributed by atoms with Gasteiger partial charge >= 0.3 is 0 Å². The maximum Gasteiger partial charge on any atom is 0.224 e. The molecule has 1 saturated carbocycles. The summed E-state index contributed by atoms with van der Waals surface area (Å²) >= 11 is 1.65. The summed E-state index contributed by atoms with van der Waals surface area (Å²) in [6, 6.07) is 6.42. The van der Waals surface area contributed by atoms with Gasteiger partial charge in [0.25, 0.3) is 0 Å². The molecule has 1 aliphatic carbocycles. The van der Waals surface area contributed by atoms with Crippen LogP contribution in [-0.4, -0.2) is 39.9 Å². The zero-order chi connectivity index (χ0) is 18.2. The third-order valence-corrected chi connectivity index (χ3v) is 6.82. The van der Waals surface area contributed by atoms with E-state index in [0.29, 0.717) is 24.3 Å². The Morgan fingerprint density at radius 2 is 2.15 bits per heavy atom. The Labute approximate surface area is 162 Å². The van der Waals surface area contributed by atoms with Crippen molar-refractivity contribution in [2.24, 2.45) is 11.8 Å². The Bertz CT molecular complexity index is 921. The lowest BCUT2D eigenvalue weighted by Gasteiger charge is -2.38. The van der Waals surface area contributed by atoms with Crippen molar-refractivity contribution in [3.63, 3.8) is 0 Å². The van der Waals surface area contributed by atoms with Crippen molar-refractivity contribution in [3.05, 3.63) is 52.5 Å². The fraction of sp³-hybridized carbons (Fsp3) is 0.429. The first-order valence-corrected chi connectivity index (χ1v) is 10.6. The molecule has 6 heteroatoms. The highest BCUT2D eigenvalue weighted by Crippen LogP contribution is 2.37. The van der Waals surface area contributed by atoms with Gasteiger partial charge in [0.15, 0.2) is 0 Å². The fourth-order valence-electron chi connectivity index (χ4n) is 4.87. The number of hydrogen-bond donors (Lipinski definition) is 2. The fourth-order valence-corrected chi connectivity index (χ4v) is 5.54. The van der Waals surface area contributed by atoms with Gasteiger partial charge in [0.2, 0.25) is 5.91 Å². The van der Waals surface area contributed by atoms with Crippen LogP contribution in [0.25, 0.3) is 11.0 Å². The van der Waals surface area contributed by atoms with Crippen LogP contribution in [-0.2, 0) is 17.8 Å². The van der Waals surface area contributed by atoms with Gasteiger partial charge in [-0.1, -0.05) is 0 Å². The van der Waals surface area contributed by atoms with Crippen LogP contribution < -0.4 is 5.32 Å². The number of likely N-dealkylation sites (tertiary alicyclic amines) is 1. The van der Waals surface area contributed by atoms with E-state index >= 15 is 0 Å². The summed E-state index contributed by atoms with van der Waals surface area (Å²) in [6.45, 7) is 3.04. The SMILES string of the molecule is O=C(Cc1ccsc1)NC1[C@@H]2CC[C@H]1CN(Cc1c[nH]c3cccnc13)C2. The van der Waals surface area contributed by atoms with Gasteiger partial charge in [0.1, 0.15) is 0 Å². The molecule has 2 aliphatic rings. The number of rotatable bonds is 5. The lowest BCUT2D eigenvalue weighted by molar-refractivity contribution is -0.122. The van der Waals surface area contributed by atoms with Crippen LogP contribution >= 0.6 is 11.3 Å². The van der Waals surface area contributed by atoms with Gasteiger partial charge < -0.3 is 10.3 Å². The minimum Gasteiger partial charge on any atom is -0.360 e. The molecule has 0 aromatic carbocycles. The standard InChI is InChI=1S/C21H24N4OS/c26-19(8-14-5-7-27-13-14)24-20-15-3-4-16(20)11-25(10-15)12-17-9-23-18-2-1-6-22-21(17)18/h1-2,5-7,9,13,15-16,20,23H,3-4,8,10-12H2,(H,24,26)/t15-,16+,20?. The second-order valence-electron chi connectivity index (χ2n) is 7.91. The van der Waals surface area contributed by atoms with E-state index in [1.54, 1.807) is 11.3 Å². The van der Waals surface area contributed by atoms with E-state index in [-0.39, 0.29) is 5.91 Å². The monoisotopic (exact) mass is 380 g/mol. The van der Waals surface area contributed by atoms with Crippen molar-refractivity contribution in [1.29, 1.82) is 0 Å². The summed E-state index contributed by atoms with van der Waals surface area (Å²) in [5.74, 6) is 1.30. The summed E-state index contributed by atoms with van der Waals surface area (Å²) in [5.41, 5.74) is 4.57. The maximum atomic E-state index is 12.4. The predicted octanol–water partition coefficient (Wildman–Crippen LogP) is 3.19. The molecular formula is C21H24N4OS. The molecule has 2 fully saturated rings. The molecule has 4 heterocycles. The number of hydrogen-bond acceptors (Lipinski definition) is 4.